The van der Waals surface area contributed by atoms with Crippen LogP contribution in [0.15, 0.2) is 17.1 Å². The Hall–Kier alpha value is -1.70. The molecule has 2 aromatic rings. The minimum atomic E-state index is -4.63. The number of hydrogen-bond donors (Lipinski definition) is 3. The number of aliphatic hydroxyl groups excluding tert-OH is 2. The SMILES string of the molecule is [2H][C@@]1(n2cc(Cl)c(=O)[nH]c2=S)O[C@](F)(COP2(=O)OCc3c(F)c(C(C)(C)C)cc(C(C)(C)C)c3O2)[C@@H](O)[C@H]1O. The lowest BCUT2D eigenvalue weighted by molar-refractivity contribution is -0.205. The molecule has 2 aliphatic rings. The fourth-order valence-corrected chi connectivity index (χ4v) is 5.74. The number of ether oxygens (including phenoxy) is 1. The average molecular weight is 612 g/mol. The van der Waals surface area contributed by atoms with Gasteiger partial charge in [-0.25, -0.2) is 13.3 Å². The summed E-state index contributed by atoms with van der Waals surface area (Å²) in [5, 5.41) is 20.6. The molecule has 3 heterocycles. The van der Waals surface area contributed by atoms with Crippen molar-refractivity contribution in [1.29, 1.82) is 0 Å². The second-order valence-corrected chi connectivity index (χ2v) is 13.8. The molecular weight excluding hydrogens is 581 g/mol. The number of phosphoric ester groups is 1. The van der Waals surface area contributed by atoms with Gasteiger partial charge in [-0.05, 0) is 34.7 Å². The van der Waals surface area contributed by atoms with Gasteiger partial charge in [0.1, 0.15) is 35.4 Å². The Kier molecular flexibility index (Phi) is 7.38. The van der Waals surface area contributed by atoms with Gasteiger partial charge in [0.05, 0.1) is 13.5 Å². The number of aromatic nitrogens is 2. The summed E-state index contributed by atoms with van der Waals surface area (Å²) in [6.45, 7) is 9.20. The van der Waals surface area contributed by atoms with Crippen molar-refractivity contribution >= 4 is 31.6 Å². The first-order valence-corrected chi connectivity index (χ1v) is 14.1. The molecule has 1 fully saturated rings. The Morgan fingerprint density at radius 2 is 1.92 bits per heavy atom. The predicted octanol–water partition coefficient (Wildman–Crippen LogP) is 4.94. The van der Waals surface area contributed by atoms with Gasteiger partial charge in [-0.2, -0.15) is 0 Å². The van der Waals surface area contributed by atoms with Crippen LogP contribution in [0.25, 0.3) is 0 Å². The zero-order chi connectivity index (χ0) is 30.2. The first-order chi connectivity index (χ1) is 18.1. The molecule has 1 aromatic heterocycles. The minimum absolute atomic E-state index is 0.0180. The molecule has 2 aliphatic heterocycles. The molecule has 0 radical (unpaired) electrons. The molecule has 10 nitrogen and oxygen atoms in total. The molecule has 4 rings (SSSR count). The highest BCUT2D eigenvalue weighted by atomic mass is 35.5. The highest BCUT2D eigenvalue weighted by molar-refractivity contribution is 7.71. The lowest BCUT2D eigenvalue weighted by Gasteiger charge is -2.34. The third kappa shape index (κ3) is 5.60. The number of fused-ring (bicyclic) bond motifs is 1. The zero-order valence-corrected chi connectivity index (χ0v) is 24.5. The van der Waals surface area contributed by atoms with Gasteiger partial charge in [-0.3, -0.25) is 23.4 Å². The summed E-state index contributed by atoms with van der Waals surface area (Å²) in [4.78, 5) is 13.8. The molecule has 1 saturated heterocycles. The normalized spacial score (nSPS) is 31.5. The fourth-order valence-electron chi connectivity index (χ4n) is 4.13. The number of halogens is 3. The number of nitrogens with one attached hydrogen (secondary N) is 1. The van der Waals surface area contributed by atoms with Crippen LogP contribution in [0.4, 0.5) is 8.78 Å². The van der Waals surface area contributed by atoms with Gasteiger partial charge in [-0.1, -0.05) is 53.1 Å². The Morgan fingerprint density at radius 1 is 1.31 bits per heavy atom. The Bertz CT molecular complexity index is 1530. The number of aromatic amines is 1. The number of nitrogens with zero attached hydrogens (tertiary/aromatic N) is 1. The first kappa shape index (κ1) is 28.8. The van der Waals surface area contributed by atoms with E-state index in [1.54, 1.807) is 6.07 Å². The van der Waals surface area contributed by atoms with Crippen LogP contribution in [0.2, 0.25) is 5.02 Å². The van der Waals surface area contributed by atoms with E-state index in [2.05, 4.69) is 4.98 Å². The van der Waals surface area contributed by atoms with Gasteiger partial charge < -0.3 is 19.5 Å². The Morgan fingerprint density at radius 3 is 2.51 bits per heavy atom. The molecule has 0 amide bonds. The first-order valence-electron chi connectivity index (χ1n) is 12.4. The van der Waals surface area contributed by atoms with Crippen molar-refractivity contribution in [3.05, 3.63) is 54.9 Å². The second kappa shape index (κ2) is 9.99. The van der Waals surface area contributed by atoms with Crippen molar-refractivity contribution < 1.29 is 43.2 Å². The summed E-state index contributed by atoms with van der Waals surface area (Å²) in [5.74, 6) is -4.01. The number of hydrogen-bond acceptors (Lipinski definition) is 9. The predicted molar refractivity (Wildman–Crippen MR) is 140 cm³/mol. The second-order valence-electron chi connectivity index (χ2n) is 11.4. The molecule has 0 saturated carbocycles. The molecule has 0 aliphatic carbocycles. The molecule has 216 valence electrons. The van der Waals surface area contributed by atoms with Crippen molar-refractivity contribution in [2.45, 2.75) is 83.2 Å². The number of alkyl halides is 1. The van der Waals surface area contributed by atoms with Gasteiger partial charge in [0, 0.05) is 11.8 Å². The Balaban J connectivity index is 1.65. The standard InChI is InChI=1S/C24H30ClF2N2O8PS/c1-22(2,3)12-7-13(23(4,5)6)17-11(15(12)26)9-34-38(33,37-17)35-10-24(27)18(31)16(30)20(36-24)29-8-14(25)19(32)28-21(29)39/h7-8,16,18,20,30-31H,9-10H2,1-6H3,(H,28,32,39)/t16-,18+,20-,24-,38?/m1/s1/i20D. The van der Waals surface area contributed by atoms with Crippen LogP contribution in [0, 0.1) is 10.6 Å². The number of aliphatic hydroxyl groups is 2. The summed E-state index contributed by atoms with van der Waals surface area (Å²) in [6, 6.07) is 1.62. The molecule has 0 bridgehead atoms. The molecule has 1 aromatic carbocycles. The third-order valence-corrected chi connectivity index (χ3v) is 8.18. The topological polar surface area (TPSA) is 132 Å². The fraction of sp³-hybridized carbons (Fsp3) is 0.583. The van der Waals surface area contributed by atoms with Crippen LogP contribution in [-0.2, 0) is 35.8 Å². The summed E-state index contributed by atoms with van der Waals surface area (Å²) < 4.78 is 74.5. The maximum atomic E-state index is 15.9. The molecular formula is C24H30ClF2N2O8PS. The van der Waals surface area contributed by atoms with Crippen LogP contribution in [0.3, 0.4) is 0 Å². The van der Waals surface area contributed by atoms with Crippen molar-refractivity contribution in [2.75, 3.05) is 6.61 Å². The van der Waals surface area contributed by atoms with Crippen LogP contribution < -0.4 is 10.1 Å². The molecule has 0 spiro atoms. The van der Waals surface area contributed by atoms with Crippen LogP contribution in [-0.4, -0.2) is 44.4 Å². The van der Waals surface area contributed by atoms with E-state index in [9.17, 15) is 19.6 Å². The zero-order valence-electron chi connectivity index (χ0n) is 23.0. The maximum absolute atomic E-state index is 15.9. The summed E-state index contributed by atoms with van der Waals surface area (Å²) in [7, 11) is -4.63. The van der Waals surface area contributed by atoms with Crippen molar-refractivity contribution in [3.8, 4) is 5.75 Å². The molecule has 39 heavy (non-hydrogen) atoms. The number of rotatable bonds is 4. The van der Waals surface area contributed by atoms with Crippen LogP contribution in [0.5, 0.6) is 5.75 Å². The highest BCUT2D eigenvalue weighted by Gasteiger charge is 2.57. The lowest BCUT2D eigenvalue weighted by atomic mass is 9.78. The van der Waals surface area contributed by atoms with E-state index < -0.39 is 77.3 Å². The van der Waals surface area contributed by atoms with E-state index in [1.165, 1.54) is 0 Å². The van der Waals surface area contributed by atoms with Crippen molar-refractivity contribution in [1.82, 2.24) is 9.55 Å². The molecule has 15 heteroatoms. The molecule has 1 unspecified atom stereocenters. The van der Waals surface area contributed by atoms with Crippen LogP contribution in [0.1, 0.15) is 65.8 Å². The van der Waals surface area contributed by atoms with E-state index in [0.29, 0.717) is 15.7 Å². The average Bonchev–Trinajstić information content (AvgIpc) is 2.99. The van der Waals surface area contributed by atoms with Gasteiger partial charge in [0.15, 0.2) is 11.0 Å². The van der Waals surface area contributed by atoms with E-state index in [4.69, 9.17) is 43.5 Å². The minimum Gasteiger partial charge on any atom is -0.403 e. The quantitative estimate of drug-likeness (QED) is 0.325. The molecule has 3 N–H and O–H groups in total. The van der Waals surface area contributed by atoms with Gasteiger partial charge in [0.25, 0.3) is 11.4 Å². The third-order valence-electron chi connectivity index (χ3n) is 6.32. The highest BCUT2D eigenvalue weighted by Crippen LogP contribution is 2.58. The van der Waals surface area contributed by atoms with E-state index in [0.717, 1.165) is 6.20 Å². The van der Waals surface area contributed by atoms with Gasteiger partial charge >= 0.3 is 7.82 Å². The summed E-state index contributed by atoms with van der Waals surface area (Å²) >= 11 is 10.8. The van der Waals surface area contributed by atoms with Crippen molar-refractivity contribution in [3.63, 3.8) is 0 Å². The van der Waals surface area contributed by atoms with Crippen LogP contribution >= 0.6 is 31.6 Å². The van der Waals surface area contributed by atoms with E-state index in [-0.39, 0.29) is 11.3 Å². The van der Waals surface area contributed by atoms with Crippen molar-refractivity contribution in [2.24, 2.45) is 0 Å². The summed E-state index contributed by atoms with van der Waals surface area (Å²) in [5.41, 5.74) is -1.05. The monoisotopic (exact) mass is 611 g/mol. The van der Waals surface area contributed by atoms with E-state index in [1.807, 2.05) is 41.5 Å². The van der Waals surface area contributed by atoms with E-state index >= 15 is 8.78 Å². The van der Waals surface area contributed by atoms with Gasteiger partial charge in [-0.15, -0.1) is 0 Å². The maximum Gasteiger partial charge on any atom is 0.530 e. The Labute approximate surface area is 234 Å². The number of H-pyrrole nitrogens is 1. The number of benzene rings is 1. The molecule has 5 atom stereocenters. The number of phosphoric acid groups is 1. The van der Waals surface area contributed by atoms with Gasteiger partial charge in [0.2, 0.25) is 0 Å². The largest absolute Gasteiger partial charge is 0.530 e. The summed E-state index contributed by atoms with van der Waals surface area (Å²) in [6.07, 6.45) is -6.68. The lowest BCUT2D eigenvalue weighted by Crippen LogP contribution is -2.43. The smallest absolute Gasteiger partial charge is 0.403 e.